The highest BCUT2D eigenvalue weighted by molar-refractivity contribution is 6.23. The van der Waals surface area contributed by atoms with Crippen LogP contribution in [0, 0.1) is 6.92 Å². The standard InChI is InChI=1S/C13H11N3O3/c1-7-5-8(15-19-7)6-16-12(17)9-3-2-4-10(14)11(9)13(16)18/h2-5H,6,14H2,1H3. The van der Waals surface area contributed by atoms with Crippen LogP contribution >= 0.6 is 0 Å². The van der Waals surface area contributed by atoms with Crippen LogP contribution in [0.5, 0.6) is 0 Å². The number of anilines is 1. The van der Waals surface area contributed by atoms with Crippen molar-refractivity contribution in [2.75, 3.05) is 5.73 Å². The van der Waals surface area contributed by atoms with Crippen molar-refractivity contribution in [3.63, 3.8) is 0 Å². The first-order valence-corrected chi connectivity index (χ1v) is 5.75. The Kier molecular flexibility index (Phi) is 2.38. The van der Waals surface area contributed by atoms with Crippen molar-refractivity contribution in [1.29, 1.82) is 0 Å². The third kappa shape index (κ3) is 1.69. The number of nitrogens with zero attached hydrogens (tertiary/aromatic N) is 2. The quantitative estimate of drug-likeness (QED) is 0.648. The van der Waals surface area contributed by atoms with E-state index >= 15 is 0 Å². The second-order valence-corrected chi connectivity index (χ2v) is 4.40. The van der Waals surface area contributed by atoms with Crippen LogP contribution in [0.3, 0.4) is 0 Å². The number of hydrogen-bond acceptors (Lipinski definition) is 5. The molecule has 19 heavy (non-hydrogen) atoms. The van der Waals surface area contributed by atoms with Crippen molar-refractivity contribution in [1.82, 2.24) is 10.1 Å². The molecule has 2 N–H and O–H groups in total. The normalized spacial score (nSPS) is 14.1. The number of hydrogen-bond donors (Lipinski definition) is 1. The number of benzene rings is 1. The fourth-order valence-electron chi connectivity index (χ4n) is 2.16. The van der Waals surface area contributed by atoms with E-state index in [1.165, 1.54) is 0 Å². The Morgan fingerprint density at radius 1 is 1.32 bits per heavy atom. The SMILES string of the molecule is Cc1cc(CN2C(=O)c3cccc(N)c3C2=O)no1. The molecule has 0 unspecified atom stereocenters. The predicted molar refractivity (Wildman–Crippen MR) is 66.3 cm³/mol. The number of imide groups is 1. The predicted octanol–water partition coefficient (Wildman–Crippen LogP) is 1.36. The maximum absolute atomic E-state index is 12.2. The molecular weight excluding hydrogens is 246 g/mol. The van der Waals surface area contributed by atoms with Gasteiger partial charge in [0.15, 0.2) is 0 Å². The topological polar surface area (TPSA) is 89.4 Å². The third-order valence-electron chi connectivity index (χ3n) is 3.03. The van der Waals surface area contributed by atoms with Gasteiger partial charge in [-0.05, 0) is 19.1 Å². The summed E-state index contributed by atoms with van der Waals surface area (Å²) in [7, 11) is 0. The number of nitrogen functional groups attached to an aromatic ring is 1. The lowest BCUT2D eigenvalue weighted by molar-refractivity contribution is 0.0639. The van der Waals surface area contributed by atoms with E-state index in [2.05, 4.69) is 5.16 Å². The summed E-state index contributed by atoms with van der Waals surface area (Å²) in [6, 6.07) is 6.55. The molecule has 0 bridgehead atoms. The van der Waals surface area contributed by atoms with E-state index in [1.807, 2.05) is 0 Å². The molecule has 1 aromatic carbocycles. The Bertz CT molecular complexity index is 690. The molecule has 0 radical (unpaired) electrons. The fourth-order valence-corrected chi connectivity index (χ4v) is 2.16. The molecule has 2 heterocycles. The van der Waals surface area contributed by atoms with Gasteiger partial charge in [-0.3, -0.25) is 14.5 Å². The zero-order valence-electron chi connectivity index (χ0n) is 10.2. The Labute approximate surface area is 108 Å². The molecule has 0 spiro atoms. The van der Waals surface area contributed by atoms with E-state index in [1.54, 1.807) is 31.2 Å². The summed E-state index contributed by atoms with van der Waals surface area (Å²) in [5.41, 5.74) is 7.21. The van der Waals surface area contributed by atoms with Crippen LogP contribution in [0.25, 0.3) is 0 Å². The van der Waals surface area contributed by atoms with Crippen LogP contribution in [0.4, 0.5) is 5.69 Å². The minimum absolute atomic E-state index is 0.0864. The monoisotopic (exact) mass is 257 g/mol. The molecule has 1 aliphatic rings. The third-order valence-corrected chi connectivity index (χ3v) is 3.03. The highest BCUT2D eigenvalue weighted by Crippen LogP contribution is 2.28. The first-order chi connectivity index (χ1) is 9.08. The van der Waals surface area contributed by atoms with Gasteiger partial charge in [-0.25, -0.2) is 0 Å². The van der Waals surface area contributed by atoms with E-state index in [9.17, 15) is 9.59 Å². The van der Waals surface area contributed by atoms with Gasteiger partial charge in [-0.2, -0.15) is 0 Å². The number of aromatic nitrogens is 1. The minimum Gasteiger partial charge on any atom is -0.398 e. The van der Waals surface area contributed by atoms with Crippen molar-refractivity contribution < 1.29 is 14.1 Å². The van der Waals surface area contributed by atoms with Gasteiger partial charge >= 0.3 is 0 Å². The lowest BCUT2D eigenvalue weighted by Crippen LogP contribution is -2.29. The molecule has 0 aliphatic carbocycles. The van der Waals surface area contributed by atoms with E-state index in [0.717, 1.165) is 4.90 Å². The van der Waals surface area contributed by atoms with E-state index in [-0.39, 0.29) is 18.0 Å². The molecule has 0 atom stereocenters. The molecule has 96 valence electrons. The summed E-state index contributed by atoms with van der Waals surface area (Å²) in [6.07, 6.45) is 0. The molecule has 3 rings (SSSR count). The van der Waals surface area contributed by atoms with Crippen molar-refractivity contribution in [3.8, 4) is 0 Å². The molecule has 1 aliphatic heterocycles. The van der Waals surface area contributed by atoms with Gasteiger partial charge in [0.2, 0.25) is 0 Å². The van der Waals surface area contributed by atoms with Crippen LogP contribution < -0.4 is 5.73 Å². The van der Waals surface area contributed by atoms with E-state index < -0.39 is 5.91 Å². The fraction of sp³-hybridized carbons (Fsp3) is 0.154. The number of rotatable bonds is 2. The van der Waals surface area contributed by atoms with Gasteiger partial charge in [-0.1, -0.05) is 11.2 Å². The van der Waals surface area contributed by atoms with E-state index in [4.69, 9.17) is 10.3 Å². The van der Waals surface area contributed by atoms with Crippen molar-refractivity contribution in [2.24, 2.45) is 0 Å². The largest absolute Gasteiger partial charge is 0.398 e. The highest BCUT2D eigenvalue weighted by Gasteiger charge is 2.37. The minimum atomic E-state index is -0.390. The summed E-state index contributed by atoms with van der Waals surface area (Å²) < 4.78 is 4.92. The Balaban J connectivity index is 1.97. The first-order valence-electron chi connectivity index (χ1n) is 5.75. The second kappa shape index (κ2) is 3.94. The Hall–Kier alpha value is -2.63. The molecule has 0 saturated heterocycles. The molecule has 0 fully saturated rings. The lowest BCUT2D eigenvalue weighted by atomic mass is 10.1. The van der Waals surface area contributed by atoms with Crippen LogP contribution in [-0.4, -0.2) is 21.9 Å². The summed E-state index contributed by atoms with van der Waals surface area (Å²) in [5, 5.41) is 3.78. The first kappa shape index (κ1) is 11.5. The summed E-state index contributed by atoms with van der Waals surface area (Å²) >= 11 is 0. The Morgan fingerprint density at radius 3 is 2.74 bits per heavy atom. The molecule has 6 heteroatoms. The molecule has 1 aromatic heterocycles. The van der Waals surface area contributed by atoms with Crippen molar-refractivity contribution in [3.05, 3.63) is 46.8 Å². The number of fused-ring (bicyclic) bond motifs is 1. The van der Waals surface area contributed by atoms with Crippen LogP contribution in [0.1, 0.15) is 32.2 Å². The zero-order chi connectivity index (χ0) is 13.6. The van der Waals surface area contributed by atoms with E-state index in [0.29, 0.717) is 22.7 Å². The number of carbonyl (C=O) groups excluding carboxylic acids is 2. The smallest absolute Gasteiger partial charge is 0.264 e. The number of amides is 2. The lowest BCUT2D eigenvalue weighted by Gasteiger charge is -2.11. The number of aryl methyl sites for hydroxylation is 1. The van der Waals surface area contributed by atoms with Gasteiger partial charge in [-0.15, -0.1) is 0 Å². The van der Waals surface area contributed by atoms with Crippen LogP contribution in [0.2, 0.25) is 0 Å². The average molecular weight is 257 g/mol. The van der Waals surface area contributed by atoms with Gasteiger partial charge in [0.25, 0.3) is 11.8 Å². The molecule has 2 aromatic rings. The highest BCUT2D eigenvalue weighted by atomic mass is 16.5. The number of carbonyl (C=O) groups is 2. The maximum Gasteiger partial charge on any atom is 0.264 e. The molecule has 0 saturated carbocycles. The van der Waals surface area contributed by atoms with Crippen molar-refractivity contribution in [2.45, 2.75) is 13.5 Å². The number of nitrogens with two attached hydrogens (primary N) is 1. The van der Waals surface area contributed by atoms with Gasteiger partial charge in [0.1, 0.15) is 11.5 Å². The summed E-state index contributed by atoms with van der Waals surface area (Å²) in [6.45, 7) is 1.83. The molecule has 2 amide bonds. The van der Waals surface area contributed by atoms with Crippen molar-refractivity contribution >= 4 is 17.5 Å². The molecule has 6 nitrogen and oxygen atoms in total. The molecular formula is C13H11N3O3. The zero-order valence-corrected chi connectivity index (χ0v) is 10.2. The summed E-state index contributed by atoms with van der Waals surface area (Å²) in [5.74, 6) is -0.113. The van der Waals surface area contributed by atoms with Gasteiger partial charge in [0.05, 0.1) is 17.7 Å². The maximum atomic E-state index is 12.2. The second-order valence-electron chi connectivity index (χ2n) is 4.40. The van der Waals surface area contributed by atoms with Crippen LogP contribution in [0.15, 0.2) is 28.8 Å². The average Bonchev–Trinajstić information content (AvgIpc) is 2.88. The van der Waals surface area contributed by atoms with Gasteiger partial charge in [0, 0.05) is 11.8 Å². The summed E-state index contributed by atoms with van der Waals surface area (Å²) in [4.78, 5) is 25.5. The van der Waals surface area contributed by atoms with Gasteiger partial charge < -0.3 is 10.3 Å². The van der Waals surface area contributed by atoms with Crippen LogP contribution in [-0.2, 0) is 6.54 Å². The Morgan fingerprint density at radius 2 is 2.11 bits per heavy atom.